The van der Waals surface area contributed by atoms with Crippen LogP contribution in [-0.4, -0.2) is 34.9 Å². The fourth-order valence-electron chi connectivity index (χ4n) is 1.54. The molecule has 2 aromatic rings. The Balaban J connectivity index is 2.37. The van der Waals surface area contributed by atoms with Crippen LogP contribution in [0.1, 0.15) is 0 Å². The van der Waals surface area contributed by atoms with Gasteiger partial charge in [-0.05, 0) is 24.3 Å². The van der Waals surface area contributed by atoms with Crippen LogP contribution in [0.2, 0.25) is 0 Å². The van der Waals surface area contributed by atoms with Crippen LogP contribution >= 0.6 is 0 Å². The quantitative estimate of drug-likeness (QED) is 0.782. The molecule has 0 radical (unpaired) electrons. The minimum absolute atomic E-state index is 0.0412. The first-order valence-electron chi connectivity index (χ1n) is 5.14. The number of primary sulfonamides is 1. The Kier molecular flexibility index (Phi) is 3.41. The fraction of sp³-hybridized carbons (Fsp3) is 0.200. The van der Waals surface area contributed by atoms with Crippen molar-refractivity contribution in [1.29, 1.82) is 0 Å². The Morgan fingerprint density at radius 1 is 1.28 bits per heavy atom. The van der Waals surface area contributed by atoms with Crippen molar-refractivity contribution in [2.45, 2.75) is 11.4 Å². The third-order valence-electron chi connectivity index (χ3n) is 2.37. The van der Waals surface area contributed by atoms with Gasteiger partial charge in [-0.3, -0.25) is 0 Å². The Hall–Kier alpha value is -1.77. The number of nitrogens with zero attached hydrogens (tertiary/aromatic N) is 3. The van der Waals surface area contributed by atoms with E-state index < -0.39 is 10.0 Å². The number of sulfonamides is 1. The Morgan fingerprint density at radius 2 is 1.94 bits per heavy atom. The molecule has 0 bridgehead atoms. The average Bonchev–Trinajstić information content (AvgIpc) is 2.77. The molecular weight excluding hydrogens is 256 g/mol. The molecule has 3 N–H and O–H groups in total. The fourth-order valence-corrected chi connectivity index (χ4v) is 2.06. The van der Waals surface area contributed by atoms with Gasteiger partial charge in [-0.1, -0.05) is 0 Å². The third kappa shape index (κ3) is 2.55. The summed E-state index contributed by atoms with van der Waals surface area (Å²) in [7, 11) is -3.69. The van der Waals surface area contributed by atoms with Crippen LogP contribution < -0.4 is 5.14 Å². The lowest BCUT2D eigenvalue weighted by Gasteiger charge is -2.04. The molecule has 2 rings (SSSR count). The van der Waals surface area contributed by atoms with Crippen molar-refractivity contribution in [2.24, 2.45) is 5.14 Å². The van der Waals surface area contributed by atoms with Gasteiger partial charge in [-0.15, -0.1) is 0 Å². The summed E-state index contributed by atoms with van der Waals surface area (Å²) in [6.45, 7) is 0.276. The van der Waals surface area contributed by atoms with Gasteiger partial charge in [0.25, 0.3) is 0 Å². The minimum Gasteiger partial charge on any atom is -0.394 e. The van der Waals surface area contributed by atoms with Crippen molar-refractivity contribution >= 4 is 10.0 Å². The molecule has 0 spiro atoms. The molecule has 8 heteroatoms. The van der Waals surface area contributed by atoms with Gasteiger partial charge >= 0.3 is 0 Å². The molecule has 0 aliphatic rings. The first-order chi connectivity index (χ1) is 8.52. The summed E-state index contributed by atoms with van der Waals surface area (Å²) in [5.74, 6) is 0.560. The molecule has 0 atom stereocenters. The molecular formula is C10H12N4O3S. The number of benzene rings is 1. The highest BCUT2D eigenvalue weighted by Crippen LogP contribution is 2.18. The van der Waals surface area contributed by atoms with Crippen LogP contribution in [0.15, 0.2) is 35.5 Å². The molecule has 1 aromatic carbocycles. The monoisotopic (exact) mass is 268 g/mol. The molecule has 0 amide bonds. The maximum absolute atomic E-state index is 11.1. The number of nitrogens with two attached hydrogens (primary N) is 1. The summed E-state index contributed by atoms with van der Waals surface area (Å²) in [6.07, 6.45) is 1.37. The van der Waals surface area contributed by atoms with Gasteiger partial charge in [-0.2, -0.15) is 5.10 Å². The van der Waals surface area contributed by atoms with Crippen molar-refractivity contribution in [2.75, 3.05) is 6.61 Å². The number of hydrogen-bond donors (Lipinski definition) is 2. The van der Waals surface area contributed by atoms with Gasteiger partial charge in [-0.25, -0.2) is 23.2 Å². The highest BCUT2D eigenvalue weighted by atomic mass is 32.2. The second-order valence-corrected chi connectivity index (χ2v) is 5.16. The molecule has 7 nitrogen and oxygen atoms in total. The van der Waals surface area contributed by atoms with E-state index >= 15 is 0 Å². The van der Waals surface area contributed by atoms with E-state index in [1.54, 1.807) is 12.1 Å². The largest absolute Gasteiger partial charge is 0.394 e. The first kappa shape index (κ1) is 12.7. The lowest BCUT2D eigenvalue weighted by atomic mass is 10.2. The molecule has 1 heterocycles. The third-order valence-corrected chi connectivity index (χ3v) is 3.30. The Labute approximate surface area is 104 Å². The summed E-state index contributed by atoms with van der Waals surface area (Å²) in [5, 5.41) is 17.8. The standard InChI is InChI=1S/C10H12N4O3S/c11-18(16,17)9-3-1-8(2-4-9)10-12-7-13-14(10)5-6-15/h1-4,7,15H,5-6H2,(H2,11,16,17). The van der Waals surface area contributed by atoms with E-state index in [0.717, 1.165) is 0 Å². The van der Waals surface area contributed by atoms with Crippen molar-refractivity contribution < 1.29 is 13.5 Å². The van der Waals surface area contributed by atoms with Gasteiger partial charge in [0.2, 0.25) is 10.0 Å². The number of rotatable bonds is 4. The van der Waals surface area contributed by atoms with Crippen molar-refractivity contribution in [3.63, 3.8) is 0 Å². The Morgan fingerprint density at radius 3 is 2.50 bits per heavy atom. The molecule has 0 aliphatic heterocycles. The van der Waals surface area contributed by atoms with Crippen molar-refractivity contribution in [3.8, 4) is 11.4 Å². The molecule has 1 aromatic heterocycles. The maximum atomic E-state index is 11.1. The zero-order valence-corrected chi connectivity index (χ0v) is 10.2. The molecule has 0 saturated heterocycles. The number of aliphatic hydroxyl groups excluding tert-OH is 1. The predicted octanol–water partition coefficient (Wildman–Crippen LogP) is -0.415. The number of aliphatic hydroxyl groups is 1. The van der Waals surface area contributed by atoms with Crippen molar-refractivity contribution in [1.82, 2.24) is 14.8 Å². The lowest BCUT2D eigenvalue weighted by Crippen LogP contribution is -2.12. The van der Waals surface area contributed by atoms with Gasteiger partial charge in [0, 0.05) is 5.56 Å². The van der Waals surface area contributed by atoms with E-state index in [4.69, 9.17) is 10.2 Å². The van der Waals surface area contributed by atoms with Crippen LogP contribution in [0.25, 0.3) is 11.4 Å². The van der Waals surface area contributed by atoms with E-state index in [1.165, 1.54) is 23.1 Å². The summed E-state index contributed by atoms with van der Waals surface area (Å²) >= 11 is 0. The minimum atomic E-state index is -3.69. The number of hydrogen-bond acceptors (Lipinski definition) is 5. The molecule has 0 unspecified atom stereocenters. The van der Waals surface area contributed by atoms with Gasteiger partial charge in [0.05, 0.1) is 18.0 Å². The molecule has 0 aliphatic carbocycles. The molecule has 96 valence electrons. The van der Waals surface area contributed by atoms with Crippen LogP contribution in [0.4, 0.5) is 0 Å². The first-order valence-corrected chi connectivity index (χ1v) is 6.69. The molecule has 0 saturated carbocycles. The second kappa shape index (κ2) is 4.84. The van der Waals surface area contributed by atoms with Gasteiger partial charge in [0.15, 0.2) is 5.82 Å². The summed E-state index contributed by atoms with van der Waals surface area (Å²) in [6, 6.07) is 6.00. The van der Waals surface area contributed by atoms with E-state index in [-0.39, 0.29) is 11.5 Å². The highest BCUT2D eigenvalue weighted by molar-refractivity contribution is 7.89. The van der Waals surface area contributed by atoms with Crippen molar-refractivity contribution in [3.05, 3.63) is 30.6 Å². The van der Waals surface area contributed by atoms with E-state index in [9.17, 15) is 8.42 Å². The molecule has 18 heavy (non-hydrogen) atoms. The normalized spacial score (nSPS) is 11.7. The Bertz CT molecular complexity index is 633. The maximum Gasteiger partial charge on any atom is 0.238 e. The highest BCUT2D eigenvalue weighted by Gasteiger charge is 2.10. The lowest BCUT2D eigenvalue weighted by molar-refractivity contribution is 0.270. The smallest absolute Gasteiger partial charge is 0.238 e. The summed E-state index contributed by atoms with van der Waals surface area (Å²) in [5.41, 5.74) is 0.702. The van der Waals surface area contributed by atoms with Gasteiger partial charge < -0.3 is 5.11 Å². The second-order valence-electron chi connectivity index (χ2n) is 3.60. The number of aromatic nitrogens is 3. The zero-order chi connectivity index (χ0) is 13.2. The van der Waals surface area contributed by atoms with E-state index in [2.05, 4.69) is 10.1 Å². The SMILES string of the molecule is NS(=O)(=O)c1ccc(-c2ncnn2CCO)cc1. The van der Waals surface area contributed by atoms with Crippen LogP contribution in [0.5, 0.6) is 0 Å². The zero-order valence-electron chi connectivity index (χ0n) is 9.39. The van der Waals surface area contributed by atoms with Crippen LogP contribution in [-0.2, 0) is 16.6 Å². The van der Waals surface area contributed by atoms with E-state index in [1.807, 2.05) is 0 Å². The topological polar surface area (TPSA) is 111 Å². The molecule has 0 fully saturated rings. The van der Waals surface area contributed by atoms with Crippen LogP contribution in [0.3, 0.4) is 0 Å². The van der Waals surface area contributed by atoms with E-state index in [0.29, 0.717) is 17.9 Å². The van der Waals surface area contributed by atoms with Crippen LogP contribution in [0, 0.1) is 0 Å². The van der Waals surface area contributed by atoms with Gasteiger partial charge in [0.1, 0.15) is 6.33 Å². The summed E-state index contributed by atoms with van der Waals surface area (Å²) in [4.78, 5) is 4.10. The predicted molar refractivity (Wildman–Crippen MR) is 63.9 cm³/mol. The summed E-state index contributed by atoms with van der Waals surface area (Å²) < 4.78 is 23.8. The average molecular weight is 268 g/mol.